The molecule has 1 aromatic carbocycles. The van der Waals surface area contributed by atoms with Gasteiger partial charge in [-0.1, -0.05) is 0 Å². The van der Waals surface area contributed by atoms with Crippen molar-refractivity contribution in [2.45, 2.75) is 18.9 Å². The highest BCUT2D eigenvalue weighted by atomic mass is 19.1. The second-order valence-electron chi connectivity index (χ2n) is 3.77. The normalized spacial score (nSPS) is 12.5. The molecule has 0 fully saturated rings. The number of carbonyl (C=O) groups is 1. The van der Waals surface area contributed by atoms with Gasteiger partial charge in [0.2, 0.25) is 0 Å². The quantitative estimate of drug-likeness (QED) is 0.822. The molecule has 0 saturated carbocycles. The number of ketones is 1. The van der Waals surface area contributed by atoms with E-state index in [2.05, 4.69) is 0 Å². The molecule has 0 aromatic heterocycles. The van der Waals surface area contributed by atoms with Crippen molar-refractivity contribution in [2.75, 3.05) is 13.7 Å². The van der Waals surface area contributed by atoms with Gasteiger partial charge in [0.25, 0.3) is 0 Å². The topological polar surface area (TPSA) is 52.3 Å². The van der Waals surface area contributed by atoms with Crippen LogP contribution in [-0.4, -0.2) is 25.5 Å². The highest BCUT2D eigenvalue weighted by Crippen LogP contribution is 2.11. The van der Waals surface area contributed by atoms with Crippen molar-refractivity contribution in [1.29, 1.82) is 0 Å². The fourth-order valence-electron chi connectivity index (χ4n) is 1.40. The molecule has 2 N–H and O–H groups in total. The first-order valence-electron chi connectivity index (χ1n) is 5.25. The van der Waals surface area contributed by atoms with E-state index in [-0.39, 0.29) is 17.8 Å². The maximum Gasteiger partial charge on any atom is 0.154 e. The lowest BCUT2D eigenvalue weighted by atomic mass is 10.0. The van der Waals surface area contributed by atoms with E-state index in [0.717, 1.165) is 18.2 Å². The van der Waals surface area contributed by atoms with Gasteiger partial charge in [0, 0.05) is 20.1 Å². The minimum absolute atomic E-state index is 0.0304. The van der Waals surface area contributed by atoms with Crippen LogP contribution in [0, 0.1) is 11.6 Å². The molecule has 0 aliphatic heterocycles. The number of carbonyl (C=O) groups excluding carboxylic acids is 1. The molecule has 1 aromatic rings. The standard InChI is InChI=1S/C12H15F2NO2/c1-17-5-4-11(15)12(16)7-8-6-9(13)2-3-10(8)14/h2-3,6,11H,4-5,7,15H2,1H3. The number of rotatable bonds is 6. The van der Waals surface area contributed by atoms with E-state index in [9.17, 15) is 13.6 Å². The van der Waals surface area contributed by atoms with Crippen molar-refractivity contribution < 1.29 is 18.3 Å². The van der Waals surface area contributed by atoms with Crippen molar-refractivity contribution in [3.05, 3.63) is 35.4 Å². The number of methoxy groups -OCH3 is 1. The molecule has 5 heteroatoms. The summed E-state index contributed by atoms with van der Waals surface area (Å²) in [6.45, 7) is 0.360. The predicted octanol–water partition coefficient (Wildman–Crippen LogP) is 1.44. The summed E-state index contributed by atoms with van der Waals surface area (Å²) >= 11 is 0. The molecule has 0 aliphatic carbocycles. The molecule has 0 heterocycles. The average molecular weight is 243 g/mol. The zero-order valence-electron chi connectivity index (χ0n) is 9.58. The molecule has 0 amide bonds. The Hall–Kier alpha value is -1.33. The molecular weight excluding hydrogens is 228 g/mol. The Kier molecular flexibility index (Phi) is 5.18. The van der Waals surface area contributed by atoms with Crippen molar-refractivity contribution in [3.8, 4) is 0 Å². The average Bonchev–Trinajstić information content (AvgIpc) is 2.30. The second-order valence-corrected chi connectivity index (χ2v) is 3.77. The summed E-state index contributed by atoms with van der Waals surface area (Å²) < 4.78 is 30.9. The number of hydrogen-bond donors (Lipinski definition) is 1. The van der Waals surface area contributed by atoms with Crippen molar-refractivity contribution in [1.82, 2.24) is 0 Å². The SMILES string of the molecule is COCCC(N)C(=O)Cc1cc(F)ccc1F. The first kappa shape index (κ1) is 13.7. The summed E-state index contributed by atoms with van der Waals surface area (Å²) in [4.78, 5) is 11.6. The summed E-state index contributed by atoms with van der Waals surface area (Å²) in [6, 6.07) is 2.31. The van der Waals surface area contributed by atoms with Crippen LogP contribution in [0.4, 0.5) is 8.78 Å². The fourth-order valence-corrected chi connectivity index (χ4v) is 1.40. The van der Waals surface area contributed by atoms with E-state index in [1.165, 1.54) is 7.11 Å². The van der Waals surface area contributed by atoms with Crippen LogP contribution >= 0.6 is 0 Å². The van der Waals surface area contributed by atoms with Gasteiger partial charge in [-0.2, -0.15) is 0 Å². The Morgan fingerprint density at radius 2 is 2.18 bits per heavy atom. The zero-order chi connectivity index (χ0) is 12.8. The third kappa shape index (κ3) is 4.20. The summed E-state index contributed by atoms with van der Waals surface area (Å²) in [5.74, 6) is -1.50. The third-order valence-corrected chi connectivity index (χ3v) is 2.42. The van der Waals surface area contributed by atoms with Crippen LogP contribution in [0.3, 0.4) is 0 Å². The molecule has 0 saturated heterocycles. The number of Topliss-reactive ketones (excluding diaryl/α,β-unsaturated/α-hetero) is 1. The van der Waals surface area contributed by atoms with Gasteiger partial charge < -0.3 is 10.5 Å². The van der Waals surface area contributed by atoms with E-state index < -0.39 is 17.7 Å². The molecule has 94 valence electrons. The van der Waals surface area contributed by atoms with Gasteiger partial charge >= 0.3 is 0 Å². The van der Waals surface area contributed by atoms with Crippen LogP contribution in [0.25, 0.3) is 0 Å². The van der Waals surface area contributed by atoms with E-state index in [1.807, 2.05) is 0 Å². The molecule has 0 aliphatic rings. The summed E-state index contributed by atoms with van der Waals surface area (Å²) in [5, 5.41) is 0. The molecule has 1 unspecified atom stereocenters. The van der Waals surface area contributed by atoms with Gasteiger partial charge in [-0.3, -0.25) is 4.79 Å². The monoisotopic (exact) mass is 243 g/mol. The smallest absolute Gasteiger partial charge is 0.154 e. The molecular formula is C12H15F2NO2. The van der Waals surface area contributed by atoms with Gasteiger partial charge in [-0.05, 0) is 30.2 Å². The Morgan fingerprint density at radius 3 is 2.82 bits per heavy atom. The van der Waals surface area contributed by atoms with Crippen LogP contribution in [0.15, 0.2) is 18.2 Å². The van der Waals surface area contributed by atoms with Gasteiger partial charge in [-0.25, -0.2) is 8.78 Å². The first-order chi connectivity index (χ1) is 8.04. The van der Waals surface area contributed by atoms with Crippen LogP contribution in [0.1, 0.15) is 12.0 Å². The third-order valence-electron chi connectivity index (χ3n) is 2.42. The Labute approximate surface area is 98.6 Å². The Bertz CT molecular complexity index is 396. The lowest BCUT2D eigenvalue weighted by molar-refractivity contribution is -0.120. The van der Waals surface area contributed by atoms with E-state index in [0.29, 0.717) is 13.0 Å². The van der Waals surface area contributed by atoms with Crippen LogP contribution in [-0.2, 0) is 16.0 Å². The molecule has 3 nitrogen and oxygen atoms in total. The minimum atomic E-state index is -0.711. The maximum absolute atomic E-state index is 13.3. The van der Waals surface area contributed by atoms with E-state index >= 15 is 0 Å². The van der Waals surface area contributed by atoms with Gasteiger partial charge in [0.1, 0.15) is 11.6 Å². The van der Waals surface area contributed by atoms with Crippen LogP contribution in [0.5, 0.6) is 0 Å². The van der Waals surface area contributed by atoms with Crippen molar-refractivity contribution in [3.63, 3.8) is 0 Å². The van der Waals surface area contributed by atoms with Crippen molar-refractivity contribution >= 4 is 5.78 Å². The molecule has 0 radical (unpaired) electrons. The molecule has 0 spiro atoms. The predicted molar refractivity (Wildman–Crippen MR) is 59.5 cm³/mol. The molecule has 17 heavy (non-hydrogen) atoms. The molecule has 1 rings (SSSR count). The minimum Gasteiger partial charge on any atom is -0.385 e. The number of halogens is 2. The number of nitrogens with two attached hydrogens (primary N) is 1. The molecule has 0 bridgehead atoms. The largest absolute Gasteiger partial charge is 0.385 e. The van der Waals surface area contributed by atoms with Gasteiger partial charge in [-0.15, -0.1) is 0 Å². The lowest BCUT2D eigenvalue weighted by Gasteiger charge is -2.10. The Balaban J connectivity index is 2.64. The number of ether oxygens (including phenoxy) is 1. The van der Waals surface area contributed by atoms with Gasteiger partial charge in [0.05, 0.1) is 6.04 Å². The van der Waals surface area contributed by atoms with Gasteiger partial charge in [0.15, 0.2) is 5.78 Å². The highest BCUT2D eigenvalue weighted by molar-refractivity contribution is 5.85. The van der Waals surface area contributed by atoms with E-state index in [1.54, 1.807) is 0 Å². The van der Waals surface area contributed by atoms with Crippen LogP contribution < -0.4 is 5.73 Å². The van der Waals surface area contributed by atoms with E-state index in [4.69, 9.17) is 10.5 Å². The summed E-state index contributed by atoms with van der Waals surface area (Å²) in [7, 11) is 1.50. The number of hydrogen-bond acceptors (Lipinski definition) is 3. The summed E-state index contributed by atoms with van der Waals surface area (Å²) in [5.41, 5.74) is 5.62. The molecule has 1 atom stereocenters. The number of benzene rings is 1. The maximum atomic E-state index is 13.3. The summed E-state index contributed by atoms with van der Waals surface area (Å²) in [6.07, 6.45) is 0.167. The zero-order valence-corrected chi connectivity index (χ0v) is 9.58. The van der Waals surface area contributed by atoms with Crippen LogP contribution in [0.2, 0.25) is 0 Å². The highest BCUT2D eigenvalue weighted by Gasteiger charge is 2.16. The van der Waals surface area contributed by atoms with Crippen molar-refractivity contribution in [2.24, 2.45) is 5.73 Å². The lowest BCUT2D eigenvalue weighted by Crippen LogP contribution is -2.33. The second kappa shape index (κ2) is 6.42. The first-order valence-corrected chi connectivity index (χ1v) is 5.25. The fraction of sp³-hybridized carbons (Fsp3) is 0.417. The Morgan fingerprint density at radius 1 is 1.47 bits per heavy atom.